The van der Waals surface area contributed by atoms with E-state index in [9.17, 15) is 9.70 Å². The van der Waals surface area contributed by atoms with Gasteiger partial charge in [-0.1, -0.05) is 0 Å². The highest BCUT2D eigenvalue weighted by atomic mass is 16.6. The molecule has 0 saturated carbocycles. The highest BCUT2D eigenvalue weighted by Gasteiger charge is 2.28. The molecule has 1 aliphatic heterocycles. The van der Waals surface area contributed by atoms with Gasteiger partial charge in [-0.2, -0.15) is 0 Å². The Morgan fingerprint density at radius 1 is 1.47 bits per heavy atom. The fraction of sp³-hybridized carbons (Fsp3) is 0.889. The smallest absolute Gasteiger partial charge is 0.415 e. The van der Waals surface area contributed by atoms with E-state index in [1.807, 2.05) is 0 Å². The molecule has 1 aliphatic rings. The Labute approximate surface area is 88.7 Å². The minimum absolute atomic E-state index is 0.000697. The van der Waals surface area contributed by atoms with Crippen LogP contribution in [0.3, 0.4) is 0 Å². The number of ether oxygens (including phenoxy) is 2. The summed E-state index contributed by atoms with van der Waals surface area (Å²) in [6, 6.07) is 0. The third kappa shape index (κ3) is 4.24. The Bertz CT molecular complexity index is 259. The van der Waals surface area contributed by atoms with E-state index in [2.05, 4.69) is 0 Å². The van der Waals surface area contributed by atoms with Crippen LogP contribution in [0.4, 0.5) is 4.79 Å². The van der Waals surface area contributed by atoms with Gasteiger partial charge in [0.15, 0.2) is 0 Å². The molecule has 6 nitrogen and oxygen atoms in total. The maximum atomic E-state index is 11.6. The van der Waals surface area contributed by atoms with Crippen molar-refractivity contribution in [2.45, 2.75) is 26.4 Å². The molecule has 1 fully saturated rings. The average Bonchev–Trinajstić information content (AvgIpc) is 2.26. The molecule has 0 aliphatic carbocycles. The van der Waals surface area contributed by atoms with Crippen molar-refractivity contribution in [3.63, 3.8) is 0 Å². The van der Waals surface area contributed by atoms with Crippen molar-refractivity contribution in [3.8, 4) is 0 Å². The monoisotopic (exact) mass is 217 g/mol. The van der Waals surface area contributed by atoms with Gasteiger partial charge in [-0.3, -0.25) is 0 Å². The van der Waals surface area contributed by atoms with Crippen LogP contribution >= 0.6 is 0 Å². The Balaban J connectivity index is 2.54. The molecule has 0 unspecified atom stereocenters. The van der Waals surface area contributed by atoms with Crippen molar-refractivity contribution in [2.75, 3.05) is 26.6 Å². The van der Waals surface area contributed by atoms with Crippen LogP contribution in [0.1, 0.15) is 20.8 Å². The van der Waals surface area contributed by atoms with Gasteiger partial charge in [0.05, 0.1) is 13.2 Å². The van der Waals surface area contributed by atoms with Gasteiger partial charge in [0, 0.05) is 9.67 Å². The lowest BCUT2D eigenvalue weighted by Gasteiger charge is -2.23. The Morgan fingerprint density at radius 3 is 2.73 bits per heavy atom. The molecule has 0 aromatic carbocycles. The second-order valence-electron chi connectivity index (χ2n) is 4.40. The van der Waals surface area contributed by atoms with E-state index in [0.29, 0.717) is 17.9 Å². The van der Waals surface area contributed by atoms with E-state index in [1.165, 1.54) is 4.90 Å². The number of carbonyl (C=O) groups is 1. The fourth-order valence-corrected chi connectivity index (χ4v) is 1.12. The van der Waals surface area contributed by atoms with Crippen LogP contribution < -0.4 is 0 Å². The van der Waals surface area contributed by atoms with Gasteiger partial charge >= 0.3 is 6.09 Å². The topological polar surface area (TPSA) is 58.8 Å². The molecule has 0 spiro atoms. The largest absolute Gasteiger partial charge is 0.444 e. The highest BCUT2D eigenvalue weighted by Crippen LogP contribution is 2.10. The van der Waals surface area contributed by atoms with E-state index in [0.717, 1.165) is 0 Å². The van der Waals surface area contributed by atoms with E-state index in [-0.39, 0.29) is 13.4 Å². The summed E-state index contributed by atoms with van der Waals surface area (Å²) in [4.78, 5) is 24.0. The number of carbonyl (C=O) groups excluding carboxylic acids is 1. The molecule has 1 rings (SSSR count). The minimum Gasteiger partial charge on any atom is -0.444 e. The molecule has 1 heterocycles. The molecule has 0 atom stereocenters. The van der Waals surface area contributed by atoms with Crippen LogP contribution in [0.5, 0.6) is 0 Å². The molecular formula is C9H17N2O4+. The number of nitrogens with zero attached hydrogens (tertiary/aromatic N) is 2. The summed E-state index contributed by atoms with van der Waals surface area (Å²) in [6.45, 7) is 6.09. The van der Waals surface area contributed by atoms with Gasteiger partial charge in [-0.25, -0.2) is 9.69 Å². The summed E-state index contributed by atoms with van der Waals surface area (Å²) in [5.41, 5.74) is -0.544. The van der Waals surface area contributed by atoms with Gasteiger partial charge in [0.1, 0.15) is 5.60 Å². The van der Waals surface area contributed by atoms with Gasteiger partial charge in [0.25, 0.3) is 13.4 Å². The second-order valence-corrected chi connectivity index (χ2v) is 4.40. The Kier molecular flexibility index (Phi) is 3.62. The van der Waals surface area contributed by atoms with Crippen molar-refractivity contribution in [2.24, 2.45) is 0 Å². The van der Waals surface area contributed by atoms with Crippen molar-refractivity contribution >= 4 is 6.09 Å². The Morgan fingerprint density at radius 2 is 2.13 bits per heavy atom. The molecule has 15 heavy (non-hydrogen) atoms. The Hall–Kier alpha value is -1.17. The molecule has 0 aromatic rings. The summed E-state index contributed by atoms with van der Waals surface area (Å²) < 4.78 is 10.8. The third-order valence-electron chi connectivity index (χ3n) is 1.72. The predicted molar refractivity (Wildman–Crippen MR) is 52.3 cm³/mol. The number of amides is 1. The third-order valence-corrected chi connectivity index (χ3v) is 1.72. The number of hydrogen-bond donors (Lipinski definition) is 0. The van der Waals surface area contributed by atoms with Crippen molar-refractivity contribution < 1.29 is 19.0 Å². The van der Waals surface area contributed by atoms with Gasteiger partial charge in [0.2, 0.25) is 0 Å². The van der Waals surface area contributed by atoms with Crippen LogP contribution in [0.15, 0.2) is 0 Å². The quantitative estimate of drug-likeness (QED) is 0.567. The van der Waals surface area contributed by atoms with Crippen LogP contribution in [0.25, 0.3) is 0 Å². The lowest BCUT2D eigenvalue weighted by molar-refractivity contribution is -0.594. The van der Waals surface area contributed by atoms with Crippen LogP contribution in [-0.2, 0) is 9.47 Å². The van der Waals surface area contributed by atoms with Crippen molar-refractivity contribution in [1.82, 2.24) is 4.90 Å². The highest BCUT2D eigenvalue weighted by molar-refractivity contribution is 5.67. The summed E-state index contributed by atoms with van der Waals surface area (Å²) in [5, 5.41) is 0. The fourth-order valence-electron chi connectivity index (χ4n) is 1.12. The minimum atomic E-state index is -0.544. The SMILES string of the molecule is CC(C)(C)OC(=O)N1CCOC[N+](=O)C1. The molecular weight excluding hydrogens is 200 g/mol. The molecule has 86 valence electrons. The summed E-state index contributed by atoms with van der Waals surface area (Å²) >= 11 is 0. The van der Waals surface area contributed by atoms with E-state index < -0.39 is 11.7 Å². The first-order valence-electron chi connectivity index (χ1n) is 4.86. The number of nitroso groups, excluding NO2 is 1. The summed E-state index contributed by atoms with van der Waals surface area (Å²) in [6.07, 6.45) is -0.478. The second kappa shape index (κ2) is 4.57. The first-order chi connectivity index (χ1) is 6.88. The number of rotatable bonds is 0. The van der Waals surface area contributed by atoms with Gasteiger partial charge in [-0.05, 0) is 20.8 Å². The lowest BCUT2D eigenvalue weighted by Crippen LogP contribution is -2.40. The predicted octanol–water partition coefficient (Wildman–Crippen LogP) is 0.948. The van der Waals surface area contributed by atoms with E-state index in [4.69, 9.17) is 9.47 Å². The summed E-state index contributed by atoms with van der Waals surface area (Å²) in [7, 11) is 0. The van der Waals surface area contributed by atoms with Crippen molar-refractivity contribution in [3.05, 3.63) is 4.91 Å². The normalized spacial score (nSPS) is 18.6. The maximum Gasteiger partial charge on any atom is 0.415 e. The molecule has 0 aromatic heterocycles. The zero-order valence-electron chi connectivity index (χ0n) is 9.36. The van der Waals surface area contributed by atoms with Crippen LogP contribution in [0.2, 0.25) is 0 Å². The lowest BCUT2D eigenvalue weighted by atomic mass is 10.2. The standard InChI is InChI=1S/C9H17N2O4/c1-9(2,3)15-8(12)10-4-5-14-7-11(13)6-10/h4-7H2,1-3H3/q+1. The van der Waals surface area contributed by atoms with Crippen molar-refractivity contribution in [1.29, 1.82) is 0 Å². The van der Waals surface area contributed by atoms with Gasteiger partial charge in [-0.15, -0.1) is 0 Å². The van der Waals surface area contributed by atoms with Crippen LogP contribution in [-0.4, -0.2) is 47.9 Å². The first kappa shape index (κ1) is 11.9. The zero-order chi connectivity index (χ0) is 11.5. The van der Waals surface area contributed by atoms with Gasteiger partial charge < -0.3 is 9.47 Å². The summed E-state index contributed by atoms with van der Waals surface area (Å²) in [5.74, 6) is 0. The maximum absolute atomic E-state index is 11.6. The van der Waals surface area contributed by atoms with E-state index >= 15 is 0 Å². The molecule has 0 bridgehead atoms. The number of hydrogen-bond acceptors (Lipinski definition) is 4. The molecule has 1 amide bonds. The first-order valence-corrected chi connectivity index (χ1v) is 4.86. The average molecular weight is 217 g/mol. The zero-order valence-corrected chi connectivity index (χ0v) is 9.36. The molecule has 1 saturated heterocycles. The molecule has 0 N–H and O–H groups in total. The van der Waals surface area contributed by atoms with Crippen LogP contribution in [0, 0.1) is 4.91 Å². The molecule has 6 heteroatoms. The van der Waals surface area contributed by atoms with E-state index in [1.54, 1.807) is 20.8 Å². The molecule has 0 radical (unpaired) electrons.